The van der Waals surface area contributed by atoms with E-state index in [0.717, 1.165) is 6.41 Å². The molecule has 0 unspecified atom stereocenters. The van der Waals surface area contributed by atoms with Gasteiger partial charge >= 0.3 is 0 Å². The monoisotopic (exact) mass is 294 g/mol. The second-order valence-corrected chi connectivity index (χ2v) is 4.92. The molecule has 0 radical (unpaired) electrons. The highest BCUT2D eigenvalue weighted by molar-refractivity contribution is 5.96. The molecular formula is C13H18N4O4. The SMILES string of the molecule is CC(=O)N(CC(=O)N1CCN(C=O)CC1)c1cc(C)on1. The van der Waals surface area contributed by atoms with Crippen molar-refractivity contribution in [1.82, 2.24) is 15.0 Å². The van der Waals surface area contributed by atoms with Gasteiger partial charge in [0.15, 0.2) is 5.82 Å². The maximum Gasteiger partial charge on any atom is 0.242 e. The minimum atomic E-state index is -0.275. The molecule has 3 amide bonds. The molecule has 0 aromatic carbocycles. The standard InChI is InChI=1S/C13H18N4O4/c1-10-7-12(14-21-10)17(11(2)19)8-13(20)16-5-3-15(9-18)4-6-16/h7,9H,3-6,8H2,1-2H3. The van der Waals surface area contributed by atoms with Gasteiger partial charge in [-0.1, -0.05) is 5.16 Å². The van der Waals surface area contributed by atoms with Crippen molar-refractivity contribution in [2.24, 2.45) is 0 Å². The second-order valence-electron chi connectivity index (χ2n) is 4.92. The molecule has 0 atom stereocenters. The molecule has 0 N–H and O–H groups in total. The summed E-state index contributed by atoms with van der Waals surface area (Å²) >= 11 is 0. The zero-order valence-electron chi connectivity index (χ0n) is 12.1. The predicted octanol–water partition coefficient (Wildman–Crippen LogP) is -0.363. The Balaban J connectivity index is 1.99. The fourth-order valence-electron chi connectivity index (χ4n) is 2.15. The lowest BCUT2D eigenvalue weighted by molar-refractivity contribution is -0.134. The van der Waals surface area contributed by atoms with Crippen LogP contribution in [0.2, 0.25) is 0 Å². The highest BCUT2D eigenvalue weighted by atomic mass is 16.5. The molecule has 8 heteroatoms. The molecule has 1 fully saturated rings. The van der Waals surface area contributed by atoms with E-state index in [9.17, 15) is 14.4 Å². The van der Waals surface area contributed by atoms with E-state index in [1.807, 2.05) is 0 Å². The summed E-state index contributed by atoms with van der Waals surface area (Å²) in [5.41, 5.74) is 0. The fraction of sp³-hybridized carbons (Fsp3) is 0.538. The van der Waals surface area contributed by atoms with Crippen molar-refractivity contribution in [2.45, 2.75) is 13.8 Å². The molecule has 0 spiro atoms. The third-order valence-corrected chi connectivity index (χ3v) is 3.38. The topological polar surface area (TPSA) is 87.0 Å². The van der Waals surface area contributed by atoms with E-state index in [4.69, 9.17) is 4.52 Å². The number of rotatable bonds is 4. The number of amides is 3. The minimum absolute atomic E-state index is 0.0810. The van der Waals surface area contributed by atoms with Crippen LogP contribution in [0, 0.1) is 6.92 Å². The molecular weight excluding hydrogens is 276 g/mol. The molecule has 2 heterocycles. The first kappa shape index (κ1) is 15.0. The third kappa shape index (κ3) is 3.59. The van der Waals surface area contributed by atoms with Gasteiger partial charge in [-0.2, -0.15) is 0 Å². The van der Waals surface area contributed by atoms with Crippen molar-refractivity contribution in [1.29, 1.82) is 0 Å². The summed E-state index contributed by atoms with van der Waals surface area (Å²) in [5.74, 6) is 0.461. The molecule has 1 saturated heterocycles. The van der Waals surface area contributed by atoms with Crippen molar-refractivity contribution in [2.75, 3.05) is 37.6 Å². The van der Waals surface area contributed by atoms with Crippen LogP contribution in [-0.4, -0.2) is 65.9 Å². The summed E-state index contributed by atoms with van der Waals surface area (Å²) in [6, 6.07) is 1.61. The zero-order chi connectivity index (χ0) is 15.4. The summed E-state index contributed by atoms with van der Waals surface area (Å²) in [6.07, 6.45) is 0.780. The van der Waals surface area contributed by atoms with Gasteiger partial charge in [0, 0.05) is 39.2 Å². The zero-order valence-corrected chi connectivity index (χ0v) is 12.1. The van der Waals surface area contributed by atoms with Crippen LogP contribution in [0.25, 0.3) is 0 Å². The number of aryl methyl sites for hydroxylation is 1. The van der Waals surface area contributed by atoms with Gasteiger partial charge in [-0.15, -0.1) is 0 Å². The van der Waals surface area contributed by atoms with Crippen LogP contribution in [0.3, 0.4) is 0 Å². The molecule has 114 valence electrons. The van der Waals surface area contributed by atoms with E-state index in [1.165, 1.54) is 11.8 Å². The Kier molecular flexibility index (Phi) is 4.56. The maximum atomic E-state index is 12.3. The van der Waals surface area contributed by atoms with Gasteiger partial charge in [0.1, 0.15) is 12.3 Å². The summed E-state index contributed by atoms with van der Waals surface area (Å²) in [6.45, 7) is 4.98. The summed E-state index contributed by atoms with van der Waals surface area (Å²) in [7, 11) is 0. The fourth-order valence-corrected chi connectivity index (χ4v) is 2.15. The lowest BCUT2D eigenvalue weighted by atomic mass is 10.3. The Labute approximate surface area is 122 Å². The molecule has 1 aromatic rings. The van der Waals surface area contributed by atoms with Crippen LogP contribution < -0.4 is 4.90 Å². The first-order valence-electron chi connectivity index (χ1n) is 6.70. The van der Waals surface area contributed by atoms with Gasteiger partial charge in [-0.05, 0) is 6.92 Å². The lowest BCUT2D eigenvalue weighted by Gasteiger charge is -2.33. The number of piperazine rings is 1. The number of aromatic nitrogens is 1. The van der Waals surface area contributed by atoms with Crippen LogP contribution in [0.15, 0.2) is 10.6 Å². The Bertz CT molecular complexity index is 534. The summed E-state index contributed by atoms with van der Waals surface area (Å²) in [4.78, 5) is 39.1. The van der Waals surface area contributed by atoms with Crippen molar-refractivity contribution < 1.29 is 18.9 Å². The highest BCUT2D eigenvalue weighted by Gasteiger charge is 2.25. The Hall–Kier alpha value is -2.38. The highest BCUT2D eigenvalue weighted by Crippen LogP contribution is 2.14. The molecule has 0 saturated carbocycles. The first-order chi connectivity index (χ1) is 10.0. The van der Waals surface area contributed by atoms with E-state index in [2.05, 4.69) is 5.16 Å². The Morgan fingerprint density at radius 1 is 1.38 bits per heavy atom. The molecule has 8 nitrogen and oxygen atoms in total. The smallest absolute Gasteiger partial charge is 0.242 e. The number of nitrogens with zero attached hydrogens (tertiary/aromatic N) is 4. The van der Waals surface area contributed by atoms with Crippen LogP contribution in [0.4, 0.5) is 5.82 Å². The van der Waals surface area contributed by atoms with E-state index < -0.39 is 0 Å². The van der Waals surface area contributed by atoms with Crippen molar-refractivity contribution >= 4 is 24.0 Å². The third-order valence-electron chi connectivity index (χ3n) is 3.38. The average Bonchev–Trinajstić information content (AvgIpc) is 2.90. The van der Waals surface area contributed by atoms with Gasteiger partial charge < -0.3 is 14.3 Å². The number of carbonyl (C=O) groups excluding carboxylic acids is 3. The van der Waals surface area contributed by atoms with Crippen molar-refractivity contribution in [3.63, 3.8) is 0 Å². The molecule has 2 rings (SSSR count). The summed E-state index contributed by atoms with van der Waals surface area (Å²) < 4.78 is 4.94. The maximum absolute atomic E-state index is 12.3. The minimum Gasteiger partial charge on any atom is -0.360 e. The summed E-state index contributed by atoms with van der Waals surface area (Å²) in [5, 5.41) is 3.77. The van der Waals surface area contributed by atoms with Gasteiger partial charge in [-0.3, -0.25) is 19.3 Å². The van der Waals surface area contributed by atoms with Crippen molar-refractivity contribution in [3.8, 4) is 0 Å². The second kappa shape index (κ2) is 6.38. The van der Waals surface area contributed by atoms with Crippen LogP contribution in [-0.2, 0) is 14.4 Å². The normalized spacial score (nSPS) is 15.0. The van der Waals surface area contributed by atoms with Crippen LogP contribution in [0.1, 0.15) is 12.7 Å². The largest absolute Gasteiger partial charge is 0.360 e. The Morgan fingerprint density at radius 2 is 2.05 bits per heavy atom. The van der Waals surface area contributed by atoms with E-state index in [1.54, 1.807) is 22.8 Å². The number of hydrogen-bond donors (Lipinski definition) is 0. The van der Waals surface area contributed by atoms with E-state index in [-0.39, 0.29) is 18.4 Å². The molecule has 1 aromatic heterocycles. The molecule has 0 aliphatic carbocycles. The quantitative estimate of drug-likeness (QED) is 0.708. The number of carbonyl (C=O) groups is 3. The van der Waals surface area contributed by atoms with Crippen LogP contribution in [0.5, 0.6) is 0 Å². The van der Waals surface area contributed by atoms with Gasteiger partial charge in [-0.25, -0.2) is 0 Å². The lowest BCUT2D eigenvalue weighted by Crippen LogP contribution is -2.51. The van der Waals surface area contributed by atoms with Gasteiger partial charge in [0.2, 0.25) is 18.2 Å². The average molecular weight is 294 g/mol. The Morgan fingerprint density at radius 3 is 2.52 bits per heavy atom. The van der Waals surface area contributed by atoms with Crippen LogP contribution >= 0.6 is 0 Å². The van der Waals surface area contributed by atoms with E-state index >= 15 is 0 Å². The molecule has 1 aliphatic rings. The molecule has 21 heavy (non-hydrogen) atoms. The first-order valence-corrected chi connectivity index (χ1v) is 6.70. The molecule has 0 bridgehead atoms. The number of anilines is 1. The molecule has 1 aliphatic heterocycles. The number of hydrogen-bond acceptors (Lipinski definition) is 5. The van der Waals surface area contributed by atoms with E-state index in [0.29, 0.717) is 37.8 Å². The van der Waals surface area contributed by atoms with Gasteiger partial charge in [0.05, 0.1) is 0 Å². The predicted molar refractivity (Wildman–Crippen MR) is 73.5 cm³/mol. The van der Waals surface area contributed by atoms with Gasteiger partial charge in [0.25, 0.3) is 0 Å². The van der Waals surface area contributed by atoms with Crippen molar-refractivity contribution in [3.05, 3.63) is 11.8 Å².